The molecule has 11 heteroatoms. The molecule has 0 radical (unpaired) electrons. The summed E-state index contributed by atoms with van der Waals surface area (Å²) in [6.45, 7) is 6.46. The van der Waals surface area contributed by atoms with E-state index in [-0.39, 0.29) is 6.03 Å². The van der Waals surface area contributed by atoms with Crippen molar-refractivity contribution in [3.05, 3.63) is 53.7 Å². The van der Waals surface area contributed by atoms with Crippen LogP contribution < -0.4 is 20.4 Å². The molecule has 2 N–H and O–H groups in total. The molecule has 182 valence electrons. The molecule has 0 spiro atoms. The van der Waals surface area contributed by atoms with Crippen LogP contribution in [0.4, 0.5) is 26.6 Å². The van der Waals surface area contributed by atoms with Crippen LogP contribution in [0, 0.1) is 5.82 Å². The lowest BCUT2D eigenvalue weighted by molar-refractivity contribution is 0.122. The second kappa shape index (κ2) is 10.2. The number of amides is 2. The maximum absolute atomic E-state index is 13.3. The number of carbonyl (C=O) groups excluding carboxylic acids is 1. The first-order valence-electron chi connectivity index (χ1n) is 11.7. The van der Waals surface area contributed by atoms with Crippen molar-refractivity contribution in [3.63, 3.8) is 0 Å². The second-order valence-electron chi connectivity index (χ2n) is 8.33. The van der Waals surface area contributed by atoms with Gasteiger partial charge in [-0.2, -0.15) is 0 Å². The number of aromatic nitrogens is 4. The molecule has 1 fully saturated rings. The number of anilines is 3. The largest absolute Gasteiger partial charge is 0.378 e. The molecule has 35 heavy (non-hydrogen) atoms. The molecule has 0 unspecified atom stereocenters. The molecule has 0 aliphatic carbocycles. The topological polar surface area (TPSA) is 108 Å². The zero-order valence-electron chi connectivity index (χ0n) is 19.5. The number of ether oxygens (including phenoxy) is 1. The number of hydrogen-bond donors (Lipinski definition) is 2. The molecule has 4 heterocycles. The smallest absolute Gasteiger partial charge is 0.319 e. The number of morpholine rings is 1. The van der Waals surface area contributed by atoms with Gasteiger partial charge in [-0.3, -0.25) is 0 Å². The summed E-state index contributed by atoms with van der Waals surface area (Å²) >= 11 is 0. The molecule has 10 nitrogen and oxygen atoms in total. The number of hydrogen-bond acceptors (Lipinski definition) is 8. The van der Waals surface area contributed by atoms with E-state index >= 15 is 0 Å². The third-order valence-corrected chi connectivity index (χ3v) is 5.98. The van der Waals surface area contributed by atoms with Gasteiger partial charge in [-0.1, -0.05) is 0 Å². The number of carbonyl (C=O) groups is 1. The molecule has 2 aromatic heterocycles. The summed E-state index contributed by atoms with van der Waals surface area (Å²) in [5.74, 6) is 1.55. The van der Waals surface area contributed by atoms with E-state index in [9.17, 15) is 9.18 Å². The molecule has 0 atom stereocenters. The summed E-state index contributed by atoms with van der Waals surface area (Å²) in [5, 5.41) is 5.52. The minimum Gasteiger partial charge on any atom is -0.378 e. The summed E-state index contributed by atoms with van der Waals surface area (Å²) in [7, 11) is 0. The number of nitrogens with one attached hydrogen (secondary N) is 2. The number of nitrogens with zero attached hydrogens (tertiary/aromatic N) is 6. The Bertz CT molecular complexity index is 1180. The highest BCUT2D eigenvalue weighted by atomic mass is 19.1. The lowest BCUT2D eigenvalue weighted by atomic mass is 10.0. The van der Waals surface area contributed by atoms with Gasteiger partial charge in [0.05, 0.1) is 37.8 Å². The van der Waals surface area contributed by atoms with Crippen LogP contribution in [0.5, 0.6) is 0 Å². The Hall–Kier alpha value is -3.86. The highest BCUT2D eigenvalue weighted by molar-refractivity contribution is 5.89. The van der Waals surface area contributed by atoms with Gasteiger partial charge in [0.15, 0.2) is 11.6 Å². The van der Waals surface area contributed by atoms with E-state index in [1.807, 2.05) is 36.1 Å². The summed E-state index contributed by atoms with van der Waals surface area (Å²) in [4.78, 5) is 34.2. The predicted molar refractivity (Wildman–Crippen MR) is 130 cm³/mol. The lowest BCUT2D eigenvalue weighted by Gasteiger charge is -2.34. The van der Waals surface area contributed by atoms with Gasteiger partial charge < -0.3 is 25.2 Å². The maximum atomic E-state index is 13.3. The molecular weight excluding hydrogens is 451 g/mol. The van der Waals surface area contributed by atoms with E-state index in [2.05, 4.69) is 25.5 Å². The normalized spacial score (nSPS) is 15.5. The Kier molecular flexibility index (Phi) is 6.66. The number of halogens is 1. The van der Waals surface area contributed by atoms with Gasteiger partial charge in [0.2, 0.25) is 5.95 Å². The van der Waals surface area contributed by atoms with Gasteiger partial charge in [-0.15, -0.1) is 0 Å². The number of fused-ring (bicyclic) bond motifs is 1. The molecule has 1 saturated heterocycles. The first-order valence-corrected chi connectivity index (χ1v) is 11.7. The van der Waals surface area contributed by atoms with Gasteiger partial charge >= 0.3 is 6.03 Å². The van der Waals surface area contributed by atoms with Crippen LogP contribution >= 0.6 is 0 Å². The van der Waals surface area contributed by atoms with E-state index in [1.54, 1.807) is 0 Å². The third kappa shape index (κ3) is 5.14. The fourth-order valence-corrected chi connectivity index (χ4v) is 4.25. The van der Waals surface area contributed by atoms with Crippen LogP contribution in [-0.2, 0) is 17.7 Å². The summed E-state index contributed by atoms with van der Waals surface area (Å²) in [5.41, 5.74) is 3.55. The van der Waals surface area contributed by atoms with Crippen molar-refractivity contribution >= 4 is 23.5 Å². The van der Waals surface area contributed by atoms with Gasteiger partial charge in [0.25, 0.3) is 0 Å². The third-order valence-electron chi connectivity index (χ3n) is 5.98. The van der Waals surface area contributed by atoms with Crippen LogP contribution in [0.3, 0.4) is 0 Å². The highest BCUT2D eigenvalue weighted by Crippen LogP contribution is 2.31. The fraction of sp³-hybridized carbons (Fsp3) is 0.375. The predicted octanol–water partition coefficient (Wildman–Crippen LogP) is 2.61. The minimum absolute atomic E-state index is 0.247. The van der Waals surface area contributed by atoms with Crippen LogP contribution in [0.2, 0.25) is 0 Å². The van der Waals surface area contributed by atoms with Crippen molar-refractivity contribution in [2.75, 3.05) is 54.5 Å². The van der Waals surface area contributed by atoms with E-state index in [0.29, 0.717) is 50.3 Å². The van der Waals surface area contributed by atoms with E-state index < -0.39 is 5.82 Å². The molecule has 1 aromatic carbocycles. The van der Waals surface area contributed by atoms with Crippen LogP contribution in [-0.4, -0.2) is 65.4 Å². The average molecular weight is 479 g/mol. The highest BCUT2D eigenvalue weighted by Gasteiger charge is 2.27. The fourth-order valence-electron chi connectivity index (χ4n) is 4.25. The van der Waals surface area contributed by atoms with Crippen LogP contribution in [0.15, 0.2) is 36.7 Å². The summed E-state index contributed by atoms with van der Waals surface area (Å²) < 4.78 is 18.9. The van der Waals surface area contributed by atoms with Crippen LogP contribution in [0.1, 0.15) is 18.2 Å². The van der Waals surface area contributed by atoms with E-state index in [4.69, 9.17) is 14.7 Å². The molecule has 3 aromatic rings. The summed E-state index contributed by atoms with van der Waals surface area (Å²) in [6, 6.07) is 7.22. The van der Waals surface area contributed by atoms with Crippen molar-refractivity contribution in [3.8, 4) is 11.4 Å². The monoisotopic (exact) mass is 478 g/mol. The van der Waals surface area contributed by atoms with Crippen molar-refractivity contribution in [2.45, 2.75) is 19.9 Å². The Labute approximate surface area is 202 Å². The molecule has 2 aliphatic rings. The maximum Gasteiger partial charge on any atom is 0.319 e. The molecule has 0 bridgehead atoms. The lowest BCUT2D eigenvalue weighted by Crippen LogP contribution is -2.40. The molecular formula is C24H27FN8O2. The average Bonchev–Trinajstić information content (AvgIpc) is 2.89. The van der Waals surface area contributed by atoms with Gasteiger partial charge in [-0.05, 0) is 37.6 Å². The van der Waals surface area contributed by atoms with Gasteiger partial charge in [0, 0.05) is 43.0 Å². The SMILES string of the molecule is CCNC(=O)Nc1ccc(-c2nc3c(c(N4CCOCC4)n2)CCN(c2ncc(F)cn2)C3)cc1. The van der Waals surface area contributed by atoms with Crippen molar-refractivity contribution in [1.29, 1.82) is 0 Å². The first-order chi connectivity index (χ1) is 17.1. The van der Waals surface area contributed by atoms with Gasteiger partial charge in [-0.25, -0.2) is 29.1 Å². The van der Waals surface area contributed by atoms with Crippen LogP contribution in [0.25, 0.3) is 11.4 Å². The standard InChI is InChI=1S/C24H27FN8O2/c1-2-26-24(34)29-18-5-3-16(4-6-18)21-30-20-15-33(23-27-13-17(25)14-28-23)8-7-19(20)22(31-21)32-9-11-35-12-10-32/h3-6,13-14H,2,7-12,15H2,1H3,(H2,26,29,34). The Morgan fingerprint density at radius 1 is 1.06 bits per heavy atom. The molecule has 5 rings (SSSR count). The molecule has 2 aliphatic heterocycles. The summed E-state index contributed by atoms with van der Waals surface area (Å²) in [6.07, 6.45) is 3.09. The number of benzene rings is 1. The van der Waals surface area contributed by atoms with Gasteiger partial charge in [0.1, 0.15) is 5.82 Å². The number of rotatable bonds is 5. The molecule has 2 amide bonds. The van der Waals surface area contributed by atoms with E-state index in [1.165, 1.54) is 12.4 Å². The second-order valence-corrected chi connectivity index (χ2v) is 8.33. The first kappa shape index (κ1) is 22.9. The van der Waals surface area contributed by atoms with Crippen molar-refractivity contribution < 1.29 is 13.9 Å². The Morgan fingerprint density at radius 2 is 1.80 bits per heavy atom. The number of urea groups is 1. The van der Waals surface area contributed by atoms with Crippen molar-refractivity contribution in [1.82, 2.24) is 25.3 Å². The quantitative estimate of drug-likeness (QED) is 0.576. The van der Waals surface area contributed by atoms with Crippen molar-refractivity contribution in [2.24, 2.45) is 0 Å². The zero-order valence-corrected chi connectivity index (χ0v) is 19.5. The Morgan fingerprint density at radius 3 is 2.51 bits per heavy atom. The Balaban J connectivity index is 1.47. The minimum atomic E-state index is -0.463. The van der Waals surface area contributed by atoms with E-state index in [0.717, 1.165) is 42.1 Å². The molecule has 0 saturated carbocycles. The zero-order chi connectivity index (χ0) is 24.2.